The number of nitrogens with zero attached hydrogens (tertiary/aromatic N) is 1. The summed E-state index contributed by atoms with van der Waals surface area (Å²) in [6.45, 7) is 6.66. The van der Waals surface area contributed by atoms with Gasteiger partial charge in [-0.2, -0.15) is 0 Å². The smallest absolute Gasteiger partial charge is 0.410 e. The Balaban J connectivity index is 1.95. The van der Waals surface area contributed by atoms with Crippen LogP contribution in [0.5, 0.6) is 0 Å². The third-order valence-corrected chi connectivity index (χ3v) is 4.80. The van der Waals surface area contributed by atoms with E-state index >= 15 is 0 Å². The maximum absolute atomic E-state index is 12.6. The molecule has 6 heteroatoms. The number of methoxy groups -OCH3 is 1. The second-order valence-corrected chi connectivity index (χ2v) is 8.07. The average molecular weight is 396 g/mol. The second kappa shape index (κ2) is 8.55. The molecule has 0 aromatic heterocycles. The van der Waals surface area contributed by atoms with Gasteiger partial charge in [0.15, 0.2) is 0 Å². The van der Waals surface area contributed by atoms with Crippen molar-refractivity contribution < 1.29 is 19.1 Å². The first-order valence-electron chi connectivity index (χ1n) is 9.77. The predicted molar refractivity (Wildman–Crippen MR) is 113 cm³/mol. The molecule has 0 aliphatic carbocycles. The highest BCUT2D eigenvalue weighted by Gasteiger charge is 2.28. The first-order valence-corrected chi connectivity index (χ1v) is 9.77. The second-order valence-electron chi connectivity index (χ2n) is 8.07. The van der Waals surface area contributed by atoms with E-state index in [9.17, 15) is 9.59 Å². The van der Waals surface area contributed by atoms with Crippen LogP contribution < -0.4 is 5.32 Å². The minimum absolute atomic E-state index is 0.0695. The topological polar surface area (TPSA) is 67.9 Å². The molecule has 2 aromatic carbocycles. The predicted octanol–water partition coefficient (Wildman–Crippen LogP) is 4.23. The summed E-state index contributed by atoms with van der Waals surface area (Å²) in [6, 6.07) is 14.2. The molecule has 1 amide bonds. The summed E-state index contributed by atoms with van der Waals surface area (Å²) in [5.41, 5.74) is 4.76. The zero-order valence-corrected chi connectivity index (χ0v) is 17.5. The quantitative estimate of drug-likeness (QED) is 0.784. The van der Waals surface area contributed by atoms with Gasteiger partial charge in [0.05, 0.1) is 13.7 Å². The van der Waals surface area contributed by atoms with E-state index in [2.05, 4.69) is 23.5 Å². The zero-order valence-electron chi connectivity index (χ0n) is 17.5. The van der Waals surface area contributed by atoms with Crippen molar-refractivity contribution in [3.63, 3.8) is 0 Å². The molecular formula is C23H28N2O4. The number of anilines is 1. The summed E-state index contributed by atoms with van der Waals surface area (Å²) in [6.07, 6.45) is 0.388. The number of benzene rings is 2. The number of carbonyl (C=O) groups is 2. The van der Waals surface area contributed by atoms with Crippen LogP contribution in [0.15, 0.2) is 42.5 Å². The minimum atomic E-state index is -0.546. The summed E-state index contributed by atoms with van der Waals surface area (Å²) < 4.78 is 10.3. The summed E-state index contributed by atoms with van der Waals surface area (Å²) in [4.78, 5) is 25.9. The van der Waals surface area contributed by atoms with Crippen LogP contribution in [0.2, 0.25) is 0 Å². The highest BCUT2D eigenvalue weighted by atomic mass is 16.6. The maximum Gasteiger partial charge on any atom is 0.410 e. The molecule has 3 rings (SSSR count). The Labute approximate surface area is 171 Å². The van der Waals surface area contributed by atoms with Gasteiger partial charge in [-0.25, -0.2) is 4.79 Å². The Kier molecular flexibility index (Phi) is 6.11. The van der Waals surface area contributed by atoms with Crippen LogP contribution in [-0.2, 0) is 27.2 Å². The van der Waals surface area contributed by atoms with E-state index in [-0.39, 0.29) is 18.6 Å². The summed E-state index contributed by atoms with van der Waals surface area (Å²) in [5.74, 6) is -0.342. The average Bonchev–Trinajstić information content (AvgIpc) is 2.70. The Morgan fingerprint density at radius 2 is 1.79 bits per heavy atom. The molecule has 0 spiro atoms. The van der Waals surface area contributed by atoms with Crippen LogP contribution in [-0.4, -0.2) is 42.8 Å². The molecule has 29 heavy (non-hydrogen) atoms. The number of rotatable bonds is 4. The largest absolute Gasteiger partial charge is 0.468 e. The molecule has 1 aliphatic heterocycles. The number of carbonyl (C=O) groups excluding carboxylic acids is 2. The normalized spacial score (nSPS) is 13.4. The van der Waals surface area contributed by atoms with Gasteiger partial charge in [-0.3, -0.25) is 4.79 Å². The van der Waals surface area contributed by atoms with E-state index in [1.165, 1.54) is 12.7 Å². The van der Waals surface area contributed by atoms with Gasteiger partial charge in [0.1, 0.15) is 12.1 Å². The van der Waals surface area contributed by atoms with Crippen LogP contribution >= 0.6 is 0 Å². The van der Waals surface area contributed by atoms with Gasteiger partial charge in [-0.05, 0) is 55.5 Å². The van der Waals surface area contributed by atoms with Crippen molar-refractivity contribution in [1.29, 1.82) is 0 Å². The third kappa shape index (κ3) is 5.08. The number of hydrogen-bond donors (Lipinski definition) is 1. The van der Waals surface area contributed by atoms with Gasteiger partial charge in [-0.1, -0.05) is 36.4 Å². The van der Waals surface area contributed by atoms with Crippen molar-refractivity contribution in [2.45, 2.75) is 39.3 Å². The number of fused-ring (bicyclic) bond motifs is 1. The van der Waals surface area contributed by atoms with E-state index in [0.29, 0.717) is 19.5 Å². The molecule has 0 radical (unpaired) electrons. The van der Waals surface area contributed by atoms with Crippen LogP contribution in [0.3, 0.4) is 0 Å². The van der Waals surface area contributed by atoms with Gasteiger partial charge in [-0.15, -0.1) is 0 Å². The molecule has 154 valence electrons. The van der Waals surface area contributed by atoms with E-state index in [1.807, 2.05) is 45.0 Å². The summed E-state index contributed by atoms with van der Waals surface area (Å²) in [5, 5.41) is 3.16. The van der Waals surface area contributed by atoms with E-state index in [4.69, 9.17) is 9.47 Å². The monoisotopic (exact) mass is 396 g/mol. The highest BCUT2D eigenvalue weighted by Crippen LogP contribution is 2.35. The Morgan fingerprint density at radius 1 is 1.07 bits per heavy atom. The molecule has 0 saturated heterocycles. The van der Waals surface area contributed by atoms with Crippen molar-refractivity contribution in [2.24, 2.45) is 0 Å². The third-order valence-electron chi connectivity index (χ3n) is 4.80. The summed E-state index contributed by atoms with van der Waals surface area (Å²) >= 11 is 0. The first kappa shape index (κ1) is 20.7. The van der Waals surface area contributed by atoms with Gasteiger partial charge in [0.2, 0.25) is 0 Å². The van der Waals surface area contributed by atoms with Crippen LogP contribution in [0, 0.1) is 0 Å². The lowest BCUT2D eigenvalue weighted by Gasteiger charge is -2.33. The molecule has 0 fully saturated rings. The van der Waals surface area contributed by atoms with Crippen molar-refractivity contribution in [3.8, 4) is 11.1 Å². The Morgan fingerprint density at radius 3 is 2.45 bits per heavy atom. The molecule has 0 atom stereocenters. The zero-order chi connectivity index (χ0) is 21.0. The molecular weight excluding hydrogens is 368 g/mol. The molecule has 0 unspecified atom stereocenters. The Bertz CT molecular complexity index is 888. The summed E-state index contributed by atoms with van der Waals surface area (Å²) in [7, 11) is 1.36. The number of hydrogen-bond acceptors (Lipinski definition) is 5. The molecule has 0 bridgehead atoms. The molecule has 6 nitrogen and oxygen atoms in total. The molecule has 1 aliphatic rings. The number of ether oxygens (including phenoxy) is 2. The van der Waals surface area contributed by atoms with Crippen molar-refractivity contribution in [2.75, 3.05) is 25.5 Å². The maximum atomic E-state index is 12.6. The van der Waals surface area contributed by atoms with Gasteiger partial charge < -0.3 is 19.7 Å². The van der Waals surface area contributed by atoms with Gasteiger partial charge >= 0.3 is 12.1 Å². The Hall–Kier alpha value is -3.02. The molecule has 0 saturated carbocycles. The fourth-order valence-corrected chi connectivity index (χ4v) is 3.45. The first-order chi connectivity index (χ1) is 13.8. The number of nitrogens with one attached hydrogen (secondary N) is 1. The molecule has 2 aromatic rings. The van der Waals surface area contributed by atoms with Crippen LogP contribution in [0.4, 0.5) is 10.5 Å². The van der Waals surface area contributed by atoms with Crippen LogP contribution in [0.25, 0.3) is 11.1 Å². The molecule has 1 N–H and O–H groups in total. The molecule has 1 heterocycles. The lowest BCUT2D eigenvalue weighted by Crippen LogP contribution is -2.40. The standard InChI is InChI=1S/C23H28N2O4/c1-23(2,3)29-22(27)25-13-12-18-17(16-8-6-5-7-9-16)10-11-20(19(18)15-25)24-14-21(26)28-4/h5-11,24H,12-15H2,1-4H3. The van der Waals surface area contributed by atoms with Gasteiger partial charge in [0, 0.05) is 12.2 Å². The van der Waals surface area contributed by atoms with E-state index < -0.39 is 5.60 Å². The van der Waals surface area contributed by atoms with Crippen LogP contribution in [0.1, 0.15) is 31.9 Å². The number of esters is 1. The SMILES string of the molecule is COC(=O)CNc1ccc(-c2ccccc2)c2c1CN(C(=O)OC(C)(C)C)CC2. The lowest BCUT2D eigenvalue weighted by molar-refractivity contribution is -0.138. The minimum Gasteiger partial charge on any atom is -0.468 e. The van der Waals surface area contributed by atoms with E-state index in [1.54, 1.807) is 4.90 Å². The van der Waals surface area contributed by atoms with Crippen molar-refractivity contribution in [1.82, 2.24) is 4.90 Å². The highest BCUT2D eigenvalue weighted by molar-refractivity contribution is 5.79. The van der Waals surface area contributed by atoms with Crippen molar-refractivity contribution in [3.05, 3.63) is 53.6 Å². The fourth-order valence-electron chi connectivity index (χ4n) is 3.45. The van der Waals surface area contributed by atoms with Crippen molar-refractivity contribution >= 4 is 17.7 Å². The number of amides is 1. The van der Waals surface area contributed by atoms with E-state index in [0.717, 1.165) is 22.4 Å². The lowest BCUT2D eigenvalue weighted by atomic mass is 9.89. The van der Waals surface area contributed by atoms with Gasteiger partial charge in [0.25, 0.3) is 0 Å². The fraction of sp³-hybridized carbons (Fsp3) is 0.391.